The lowest BCUT2D eigenvalue weighted by Gasteiger charge is -2.06. The van der Waals surface area contributed by atoms with E-state index in [1.54, 1.807) is 0 Å². The zero-order chi connectivity index (χ0) is 20.0. The number of benzene rings is 1. The van der Waals surface area contributed by atoms with Crippen LogP contribution in [0.2, 0.25) is 0 Å². The van der Waals surface area contributed by atoms with Crippen molar-refractivity contribution in [3.63, 3.8) is 0 Å². The average molecular weight is 414 g/mol. The Hall–Kier alpha value is -2.44. The average Bonchev–Trinajstić information content (AvgIpc) is 2.90. The first-order chi connectivity index (χ1) is 12.6. The number of thioether (sulfide) groups is 1. The number of carboxylic acid groups (broad SMARTS) is 1. The van der Waals surface area contributed by atoms with Crippen LogP contribution < -0.4 is 15.8 Å². The maximum atomic E-state index is 11.9. The third kappa shape index (κ3) is 6.66. The molecule has 1 saturated heterocycles. The van der Waals surface area contributed by atoms with Gasteiger partial charge in [0, 0.05) is 19.4 Å². The number of nitrogens with one attached hydrogen (secondary N) is 2. The summed E-state index contributed by atoms with van der Waals surface area (Å²) < 4.78 is 22.4. The van der Waals surface area contributed by atoms with Crippen LogP contribution in [-0.4, -0.2) is 48.3 Å². The largest absolute Gasteiger partial charge is 0.481 e. The minimum absolute atomic E-state index is 0.0417. The molecule has 0 saturated carbocycles. The van der Waals surface area contributed by atoms with Crippen molar-refractivity contribution in [3.8, 4) is 0 Å². The Morgan fingerprint density at radius 1 is 1.30 bits per heavy atom. The van der Waals surface area contributed by atoms with E-state index in [1.807, 2.05) is 0 Å². The fourth-order valence-corrected chi connectivity index (χ4v) is 3.63. The number of sulfonamides is 1. The Bertz CT molecular complexity index is 867. The van der Waals surface area contributed by atoms with Crippen molar-refractivity contribution in [3.05, 3.63) is 24.3 Å². The van der Waals surface area contributed by atoms with E-state index in [0.717, 1.165) is 11.8 Å². The van der Waals surface area contributed by atoms with Crippen LogP contribution in [0.3, 0.4) is 0 Å². The second-order valence-corrected chi connectivity index (χ2v) is 8.36. The van der Waals surface area contributed by atoms with Crippen molar-refractivity contribution in [2.45, 2.75) is 29.4 Å². The summed E-state index contributed by atoms with van der Waals surface area (Å²) in [6.45, 7) is 0.224. The highest BCUT2D eigenvalue weighted by Gasteiger charge is 2.32. The molecule has 27 heavy (non-hydrogen) atoms. The van der Waals surface area contributed by atoms with E-state index in [2.05, 4.69) is 15.6 Å². The molecule has 1 unspecified atom stereocenters. The molecule has 10 nitrogen and oxygen atoms in total. The van der Waals surface area contributed by atoms with Gasteiger partial charge in [0.2, 0.25) is 21.8 Å². The number of hydrogen-bond acceptors (Lipinski definition) is 7. The zero-order valence-corrected chi connectivity index (χ0v) is 15.7. The minimum Gasteiger partial charge on any atom is -0.481 e. The molecular formula is C15H18N4O6S2. The highest BCUT2D eigenvalue weighted by molar-refractivity contribution is 8.15. The Balaban J connectivity index is 1.89. The highest BCUT2D eigenvalue weighted by atomic mass is 32.2. The van der Waals surface area contributed by atoms with Gasteiger partial charge >= 0.3 is 5.97 Å². The summed E-state index contributed by atoms with van der Waals surface area (Å²) in [6, 6.07) is 5.50. The van der Waals surface area contributed by atoms with E-state index >= 15 is 0 Å². The molecule has 0 radical (unpaired) electrons. The molecule has 0 aliphatic carbocycles. The number of carboxylic acids is 1. The summed E-state index contributed by atoms with van der Waals surface area (Å²) in [4.78, 5) is 38.3. The number of carbonyl (C=O) groups is 3. The standard InChI is InChI=1S/C15H18N4O6S2/c16-27(24,25)10-5-3-9(4-6-10)18-15-19-14(23)11(26-15)8-12(20)17-7-1-2-13(21)22/h3-6,11H,1-2,7-8H2,(H,17,20)(H,21,22)(H2,16,24,25)(H,18,19,23). The topological polar surface area (TPSA) is 168 Å². The molecule has 1 heterocycles. The molecule has 2 amide bonds. The van der Waals surface area contributed by atoms with Gasteiger partial charge in [-0.05, 0) is 30.7 Å². The normalized spacial score (nSPS) is 18.3. The third-order valence-electron chi connectivity index (χ3n) is 3.43. The molecule has 0 bridgehead atoms. The van der Waals surface area contributed by atoms with E-state index < -0.39 is 21.2 Å². The zero-order valence-electron chi connectivity index (χ0n) is 14.0. The number of nitrogens with two attached hydrogens (primary N) is 1. The van der Waals surface area contributed by atoms with Gasteiger partial charge in [0.15, 0.2) is 5.17 Å². The number of hydrogen-bond donors (Lipinski definition) is 4. The van der Waals surface area contributed by atoms with Gasteiger partial charge in [-0.1, -0.05) is 11.8 Å². The maximum absolute atomic E-state index is 11.9. The Morgan fingerprint density at radius 2 is 1.96 bits per heavy atom. The second kappa shape index (κ2) is 8.97. The van der Waals surface area contributed by atoms with E-state index in [1.165, 1.54) is 24.3 Å². The minimum atomic E-state index is -3.79. The van der Waals surface area contributed by atoms with Crippen LogP contribution in [0.4, 0.5) is 5.69 Å². The molecular weight excluding hydrogens is 396 g/mol. The first-order valence-corrected chi connectivity index (χ1v) is 10.3. The number of aliphatic carboxylic acids is 1. The van der Waals surface area contributed by atoms with Crippen LogP contribution in [0.1, 0.15) is 19.3 Å². The molecule has 0 spiro atoms. The lowest BCUT2D eigenvalue weighted by Crippen LogP contribution is -2.31. The van der Waals surface area contributed by atoms with Crippen LogP contribution >= 0.6 is 11.8 Å². The summed E-state index contributed by atoms with van der Waals surface area (Å²) in [5.74, 6) is -1.65. The Kier molecular flexibility index (Phi) is 6.93. The van der Waals surface area contributed by atoms with Crippen molar-refractivity contribution in [1.82, 2.24) is 10.6 Å². The number of rotatable bonds is 8. The van der Waals surface area contributed by atoms with Crippen LogP contribution in [-0.2, 0) is 24.4 Å². The van der Waals surface area contributed by atoms with Crippen molar-refractivity contribution in [2.75, 3.05) is 6.54 Å². The first kappa shape index (κ1) is 20.9. The van der Waals surface area contributed by atoms with Crippen LogP contribution in [0.25, 0.3) is 0 Å². The number of nitrogens with zero attached hydrogens (tertiary/aromatic N) is 1. The second-order valence-electron chi connectivity index (χ2n) is 5.60. The summed E-state index contributed by atoms with van der Waals surface area (Å²) in [5.41, 5.74) is 0.420. The quantitative estimate of drug-likeness (QED) is 0.431. The van der Waals surface area contributed by atoms with E-state index in [9.17, 15) is 22.8 Å². The molecule has 1 aliphatic heterocycles. The lowest BCUT2D eigenvalue weighted by molar-refractivity contribution is -0.137. The van der Waals surface area contributed by atoms with Gasteiger partial charge in [0.25, 0.3) is 0 Å². The molecule has 12 heteroatoms. The number of carbonyl (C=O) groups excluding carboxylic acids is 2. The summed E-state index contributed by atoms with van der Waals surface area (Å²) in [7, 11) is -3.79. The summed E-state index contributed by atoms with van der Waals surface area (Å²) in [6.07, 6.45) is 0.208. The molecule has 1 aromatic rings. The monoisotopic (exact) mass is 414 g/mol. The number of amides is 2. The van der Waals surface area contributed by atoms with E-state index in [-0.39, 0.29) is 36.1 Å². The van der Waals surface area contributed by atoms with Crippen molar-refractivity contribution < 1.29 is 27.9 Å². The lowest BCUT2D eigenvalue weighted by atomic mass is 10.2. The Morgan fingerprint density at radius 3 is 2.56 bits per heavy atom. The molecule has 1 fully saturated rings. The van der Waals surface area contributed by atoms with Crippen molar-refractivity contribution >= 4 is 50.4 Å². The fourth-order valence-electron chi connectivity index (χ4n) is 2.13. The van der Waals surface area contributed by atoms with Gasteiger partial charge in [0.1, 0.15) is 5.25 Å². The predicted octanol–water partition coefficient (Wildman–Crippen LogP) is -0.0758. The fraction of sp³-hybridized carbons (Fsp3) is 0.333. The third-order valence-corrected chi connectivity index (χ3v) is 5.44. The number of primary sulfonamides is 1. The molecule has 0 aromatic heterocycles. The van der Waals surface area contributed by atoms with E-state index in [0.29, 0.717) is 17.3 Å². The number of amidine groups is 1. The summed E-state index contributed by atoms with van der Waals surface area (Å²) >= 11 is 1.09. The van der Waals surface area contributed by atoms with Crippen molar-refractivity contribution in [1.29, 1.82) is 0 Å². The van der Waals surface area contributed by atoms with Gasteiger partial charge < -0.3 is 15.7 Å². The number of aliphatic imine (C=N–C) groups is 1. The Labute approximate surface area is 159 Å². The van der Waals surface area contributed by atoms with Crippen LogP contribution in [0.5, 0.6) is 0 Å². The van der Waals surface area contributed by atoms with Gasteiger partial charge in [-0.3, -0.25) is 14.4 Å². The molecule has 2 rings (SSSR count). The molecule has 1 aliphatic rings. The van der Waals surface area contributed by atoms with Crippen LogP contribution in [0, 0.1) is 0 Å². The molecule has 5 N–H and O–H groups in total. The highest BCUT2D eigenvalue weighted by Crippen LogP contribution is 2.25. The first-order valence-electron chi connectivity index (χ1n) is 7.83. The maximum Gasteiger partial charge on any atom is 0.303 e. The van der Waals surface area contributed by atoms with Gasteiger partial charge in [-0.2, -0.15) is 0 Å². The van der Waals surface area contributed by atoms with Gasteiger partial charge in [-0.15, -0.1) is 0 Å². The molecule has 146 valence electrons. The van der Waals surface area contributed by atoms with Crippen molar-refractivity contribution in [2.24, 2.45) is 10.1 Å². The van der Waals surface area contributed by atoms with Gasteiger partial charge in [-0.25, -0.2) is 18.5 Å². The smallest absolute Gasteiger partial charge is 0.303 e. The van der Waals surface area contributed by atoms with E-state index in [4.69, 9.17) is 10.2 Å². The predicted molar refractivity (Wildman–Crippen MR) is 98.9 cm³/mol. The summed E-state index contributed by atoms with van der Waals surface area (Å²) in [5, 5.41) is 18.3. The molecule has 1 aromatic carbocycles. The van der Waals surface area contributed by atoms with Gasteiger partial charge in [0.05, 0.1) is 10.6 Å². The molecule has 1 atom stereocenters. The van der Waals surface area contributed by atoms with Crippen LogP contribution in [0.15, 0.2) is 34.2 Å². The SMILES string of the molecule is NS(=O)(=O)c1ccc(N=C2NC(=O)C(CC(=O)NCCCC(=O)O)S2)cc1.